The number of nitrogens with one attached hydrogen (secondary N) is 1. The van der Waals surface area contributed by atoms with Gasteiger partial charge in [0.1, 0.15) is 0 Å². The fraction of sp³-hybridized carbons (Fsp3) is 1.00. The summed E-state index contributed by atoms with van der Waals surface area (Å²) in [4.78, 5) is 0. The van der Waals surface area contributed by atoms with Gasteiger partial charge in [0.25, 0.3) is 0 Å². The predicted molar refractivity (Wildman–Crippen MR) is 64.2 cm³/mol. The Morgan fingerprint density at radius 1 is 1.06 bits per heavy atom. The summed E-state index contributed by atoms with van der Waals surface area (Å²) >= 11 is 0. The average Bonchev–Trinajstić information content (AvgIpc) is 2.15. The lowest BCUT2D eigenvalue weighted by atomic mass is 10.5. The molecule has 0 aromatic rings. The molecule has 0 bridgehead atoms. The van der Waals surface area contributed by atoms with Crippen LogP contribution in [0.3, 0.4) is 0 Å². The van der Waals surface area contributed by atoms with Crippen molar-refractivity contribution in [2.24, 2.45) is 0 Å². The van der Waals surface area contributed by atoms with Crippen LogP contribution >= 0.6 is 0 Å². The molecule has 0 aliphatic rings. The van der Waals surface area contributed by atoms with Crippen molar-refractivity contribution >= 4 is 10.4 Å². The zero-order chi connectivity index (χ0) is 13.0. The minimum absolute atomic E-state index is 0.113. The van der Waals surface area contributed by atoms with Gasteiger partial charge < -0.3 is 0 Å². The Hall–Kier alpha value is -0.210. The third-order valence-corrected chi connectivity index (χ3v) is 2.25. The van der Waals surface area contributed by atoms with Crippen molar-refractivity contribution in [1.82, 2.24) is 10.4 Å². The van der Waals surface area contributed by atoms with E-state index < -0.39 is 10.4 Å². The van der Waals surface area contributed by atoms with Crippen LogP contribution in [-0.4, -0.2) is 47.3 Å². The summed E-state index contributed by atoms with van der Waals surface area (Å²) < 4.78 is 29.2. The van der Waals surface area contributed by atoms with Gasteiger partial charge in [-0.2, -0.15) is 8.42 Å². The second-order valence-electron chi connectivity index (χ2n) is 3.02. The van der Waals surface area contributed by atoms with E-state index in [9.17, 15) is 8.42 Å². The summed E-state index contributed by atoms with van der Waals surface area (Å²) in [5, 5.41) is 1.96. The van der Waals surface area contributed by atoms with Crippen molar-refractivity contribution in [3.8, 4) is 0 Å². The van der Waals surface area contributed by atoms with Gasteiger partial charge in [0.2, 0.25) is 0 Å². The number of hydrazine groups is 1. The molecule has 6 nitrogen and oxygen atoms in total. The molecule has 0 spiro atoms. The van der Waals surface area contributed by atoms with E-state index >= 15 is 0 Å². The van der Waals surface area contributed by atoms with Gasteiger partial charge in [0.15, 0.2) is 0 Å². The predicted octanol–water partition coefficient (Wildman–Crippen LogP) is 0.767. The molecular weight excluding hydrogens is 232 g/mol. The molecule has 16 heavy (non-hydrogen) atoms. The van der Waals surface area contributed by atoms with Crippen LogP contribution in [0.5, 0.6) is 0 Å². The molecule has 0 radical (unpaired) electrons. The normalized spacial score (nSPS) is 11.1. The van der Waals surface area contributed by atoms with Gasteiger partial charge >= 0.3 is 10.4 Å². The van der Waals surface area contributed by atoms with Gasteiger partial charge in [0.05, 0.1) is 13.2 Å². The lowest BCUT2D eigenvalue weighted by molar-refractivity contribution is 0.231. The lowest BCUT2D eigenvalue weighted by Gasteiger charge is -2.08. The molecule has 0 saturated carbocycles. The quantitative estimate of drug-likeness (QED) is 0.679. The van der Waals surface area contributed by atoms with E-state index in [-0.39, 0.29) is 13.2 Å². The fourth-order valence-electron chi connectivity index (χ4n) is 0.658. The third-order valence-electron chi connectivity index (χ3n) is 1.20. The van der Waals surface area contributed by atoms with Gasteiger partial charge in [-0.25, -0.2) is 8.37 Å². The smallest absolute Gasteiger partial charge is 0.256 e. The number of hydrogen-bond donors (Lipinski definition) is 1. The molecule has 0 atom stereocenters. The first kappa shape index (κ1) is 18.2. The maximum Gasteiger partial charge on any atom is 0.399 e. The maximum atomic E-state index is 10.4. The molecule has 0 saturated heterocycles. The van der Waals surface area contributed by atoms with Gasteiger partial charge in [-0.3, -0.25) is 10.4 Å². The monoisotopic (exact) mass is 256 g/mol. The van der Waals surface area contributed by atoms with E-state index in [0.717, 1.165) is 6.54 Å². The van der Waals surface area contributed by atoms with E-state index in [1.165, 1.54) is 6.42 Å². The van der Waals surface area contributed by atoms with Crippen LogP contribution in [0.25, 0.3) is 0 Å². The van der Waals surface area contributed by atoms with Crippen LogP contribution < -0.4 is 5.43 Å². The summed E-state index contributed by atoms with van der Waals surface area (Å²) in [6.45, 7) is 6.61. The molecule has 7 heteroatoms. The highest BCUT2D eigenvalue weighted by Gasteiger charge is 2.06. The van der Waals surface area contributed by atoms with Crippen LogP contribution in [-0.2, 0) is 18.8 Å². The Kier molecular flexibility index (Phi) is 12.8. The van der Waals surface area contributed by atoms with E-state index in [4.69, 9.17) is 0 Å². The number of nitrogens with zero attached hydrogens (tertiary/aromatic N) is 1. The third kappa shape index (κ3) is 16.2. The van der Waals surface area contributed by atoms with Gasteiger partial charge in [-0.15, -0.1) is 0 Å². The first-order valence-electron chi connectivity index (χ1n) is 5.34. The van der Waals surface area contributed by atoms with Gasteiger partial charge in [0, 0.05) is 20.6 Å². The lowest BCUT2D eigenvalue weighted by Crippen LogP contribution is -2.30. The standard InChI is InChI=1S/C5H14N2.C4H10O4S/c1-4-5-6-7(2)3;1-3-7-9(5,6)8-4-2/h6H,4-5H2,1-3H3;3-4H2,1-2H3. The minimum atomic E-state index is -3.68. The summed E-state index contributed by atoms with van der Waals surface area (Å²) in [5.41, 5.74) is 3.13. The first-order valence-corrected chi connectivity index (χ1v) is 6.67. The Morgan fingerprint density at radius 2 is 1.50 bits per heavy atom. The van der Waals surface area contributed by atoms with Gasteiger partial charge in [-0.05, 0) is 20.3 Å². The Morgan fingerprint density at radius 3 is 1.69 bits per heavy atom. The van der Waals surface area contributed by atoms with Gasteiger partial charge in [-0.1, -0.05) is 6.92 Å². The van der Waals surface area contributed by atoms with Crippen LogP contribution in [0.1, 0.15) is 27.2 Å². The Bertz CT molecular complexity index is 218. The molecule has 0 amide bonds. The highest BCUT2D eigenvalue weighted by molar-refractivity contribution is 7.81. The van der Waals surface area contributed by atoms with Crippen LogP contribution in [0.4, 0.5) is 0 Å². The SMILES string of the molecule is CCCNN(C)C.CCOS(=O)(=O)OCC. The fourth-order valence-corrected chi connectivity index (χ4v) is 1.30. The minimum Gasteiger partial charge on any atom is -0.256 e. The molecule has 0 aromatic heterocycles. The van der Waals surface area contributed by atoms with Crippen molar-refractivity contribution in [2.75, 3.05) is 33.9 Å². The molecule has 0 heterocycles. The Balaban J connectivity index is 0. The molecule has 0 fully saturated rings. The molecule has 0 unspecified atom stereocenters. The topological polar surface area (TPSA) is 67.9 Å². The highest BCUT2D eigenvalue weighted by atomic mass is 32.3. The molecule has 1 N–H and O–H groups in total. The Labute approximate surface area is 99.2 Å². The van der Waals surface area contributed by atoms with Crippen molar-refractivity contribution < 1.29 is 16.8 Å². The van der Waals surface area contributed by atoms with E-state index in [1.54, 1.807) is 13.8 Å². The van der Waals surface area contributed by atoms with Crippen LogP contribution in [0.2, 0.25) is 0 Å². The molecule has 0 rings (SSSR count). The van der Waals surface area contributed by atoms with Crippen molar-refractivity contribution in [3.05, 3.63) is 0 Å². The largest absolute Gasteiger partial charge is 0.399 e. The van der Waals surface area contributed by atoms with Crippen molar-refractivity contribution in [3.63, 3.8) is 0 Å². The van der Waals surface area contributed by atoms with Crippen LogP contribution in [0.15, 0.2) is 0 Å². The van der Waals surface area contributed by atoms with Crippen LogP contribution in [0, 0.1) is 0 Å². The van der Waals surface area contributed by atoms with E-state index in [2.05, 4.69) is 20.7 Å². The zero-order valence-corrected chi connectivity index (χ0v) is 11.6. The second kappa shape index (κ2) is 11.3. The summed E-state index contributed by atoms with van der Waals surface area (Å²) in [6.07, 6.45) is 1.19. The summed E-state index contributed by atoms with van der Waals surface area (Å²) in [5.74, 6) is 0. The van der Waals surface area contributed by atoms with Crippen molar-refractivity contribution in [1.29, 1.82) is 0 Å². The first-order chi connectivity index (χ1) is 7.39. The molecular formula is C9H24N2O4S. The summed E-state index contributed by atoms with van der Waals surface area (Å²) in [7, 11) is 0.310. The zero-order valence-electron chi connectivity index (χ0n) is 10.8. The van der Waals surface area contributed by atoms with E-state index in [0.29, 0.717) is 0 Å². The molecule has 0 aliphatic heterocycles. The molecule has 0 aromatic carbocycles. The number of rotatable bonds is 7. The van der Waals surface area contributed by atoms with Crippen molar-refractivity contribution in [2.45, 2.75) is 27.2 Å². The highest BCUT2D eigenvalue weighted by Crippen LogP contribution is 1.93. The second-order valence-corrected chi connectivity index (χ2v) is 4.31. The average molecular weight is 256 g/mol. The maximum absolute atomic E-state index is 10.4. The molecule has 0 aliphatic carbocycles. The summed E-state index contributed by atoms with van der Waals surface area (Å²) in [6, 6.07) is 0. The van der Waals surface area contributed by atoms with E-state index in [1.807, 2.05) is 19.1 Å². The molecule has 100 valence electrons. The number of hydrogen-bond acceptors (Lipinski definition) is 6.